The number of aliphatic hydroxyl groups excluding tert-OH is 1. The number of aliphatic hydroxyl groups is 1. The molecule has 3 aromatic rings. The number of halogens is 1. The van der Waals surface area contributed by atoms with E-state index in [1.165, 1.54) is 0 Å². The summed E-state index contributed by atoms with van der Waals surface area (Å²) >= 11 is 6.13. The Balaban J connectivity index is 2.14. The van der Waals surface area contributed by atoms with Crippen LogP contribution in [0.2, 0.25) is 5.02 Å². The molecule has 1 heterocycles. The molecule has 0 atom stereocenters. The fourth-order valence-electron chi connectivity index (χ4n) is 2.41. The molecular formula is C18H17ClN4O2. The summed E-state index contributed by atoms with van der Waals surface area (Å²) in [6.07, 6.45) is 0. The molecule has 0 spiro atoms. The lowest BCUT2D eigenvalue weighted by atomic mass is 10.2. The Labute approximate surface area is 150 Å². The number of aromatic nitrogens is 3. The van der Waals surface area contributed by atoms with E-state index in [1.54, 1.807) is 16.8 Å². The molecule has 0 aliphatic heterocycles. The summed E-state index contributed by atoms with van der Waals surface area (Å²) in [6.45, 7) is 1.93. The summed E-state index contributed by atoms with van der Waals surface area (Å²) in [5.74, 6) is 0.136. The van der Waals surface area contributed by atoms with Gasteiger partial charge in [-0.2, -0.15) is 0 Å². The molecule has 0 radical (unpaired) electrons. The highest BCUT2D eigenvalue weighted by molar-refractivity contribution is 6.30. The number of carbonyl (C=O) groups excluding carboxylic acids is 1. The molecule has 0 saturated carbocycles. The molecule has 0 saturated heterocycles. The molecule has 6 nitrogen and oxygen atoms in total. The third-order valence-corrected chi connectivity index (χ3v) is 3.87. The van der Waals surface area contributed by atoms with Crippen LogP contribution in [0.4, 0.5) is 0 Å². The van der Waals surface area contributed by atoms with E-state index in [-0.39, 0.29) is 19.0 Å². The quantitative estimate of drug-likeness (QED) is 0.736. The number of hydrogen-bond donors (Lipinski definition) is 2. The average molecular weight is 357 g/mol. The normalized spacial score (nSPS) is 10.7. The van der Waals surface area contributed by atoms with E-state index >= 15 is 0 Å². The minimum absolute atomic E-state index is 0.0340. The fraction of sp³-hybridized carbons (Fsp3) is 0.167. The van der Waals surface area contributed by atoms with E-state index in [4.69, 9.17) is 16.7 Å². The third-order valence-electron chi connectivity index (χ3n) is 3.64. The van der Waals surface area contributed by atoms with Crippen molar-refractivity contribution in [2.45, 2.75) is 6.92 Å². The van der Waals surface area contributed by atoms with Crippen LogP contribution in [0.5, 0.6) is 0 Å². The van der Waals surface area contributed by atoms with E-state index in [1.807, 2.05) is 43.3 Å². The maximum absolute atomic E-state index is 12.2. The fourth-order valence-corrected chi connectivity index (χ4v) is 2.58. The summed E-state index contributed by atoms with van der Waals surface area (Å²) in [6, 6.07) is 15.0. The van der Waals surface area contributed by atoms with Crippen LogP contribution in [0.25, 0.3) is 17.1 Å². The molecule has 25 heavy (non-hydrogen) atoms. The highest BCUT2D eigenvalue weighted by atomic mass is 35.5. The summed E-state index contributed by atoms with van der Waals surface area (Å²) in [5.41, 5.74) is 2.53. The van der Waals surface area contributed by atoms with Gasteiger partial charge in [0.05, 0.1) is 12.3 Å². The molecule has 2 N–H and O–H groups in total. The molecule has 128 valence electrons. The lowest BCUT2D eigenvalue weighted by molar-refractivity contribution is 0.0934. The van der Waals surface area contributed by atoms with Crippen molar-refractivity contribution in [2.24, 2.45) is 0 Å². The van der Waals surface area contributed by atoms with Gasteiger partial charge in [-0.25, -0.2) is 9.67 Å². The third kappa shape index (κ3) is 3.70. The van der Waals surface area contributed by atoms with Gasteiger partial charge in [-0.15, -0.1) is 5.10 Å². The van der Waals surface area contributed by atoms with Gasteiger partial charge in [0.2, 0.25) is 5.82 Å². The molecule has 1 aromatic heterocycles. The minimum Gasteiger partial charge on any atom is -0.395 e. The lowest BCUT2D eigenvalue weighted by Crippen LogP contribution is -2.27. The van der Waals surface area contributed by atoms with Crippen LogP contribution in [-0.4, -0.2) is 38.9 Å². The van der Waals surface area contributed by atoms with Gasteiger partial charge in [0.25, 0.3) is 5.91 Å². The number of aryl methyl sites for hydroxylation is 1. The highest BCUT2D eigenvalue weighted by Crippen LogP contribution is 2.25. The van der Waals surface area contributed by atoms with Crippen LogP contribution in [0, 0.1) is 6.92 Å². The molecule has 2 aromatic carbocycles. The van der Waals surface area contributed by atoms with E-state index in [9.17, 15) is 4.79 Å². The van der Waals surface area contributed by atoms with E-state index in [0.717, 1.165) is 16.8 Å². The molecule has 7 heteroatoms. The first-order chi connectivity index (χ1) is 12.1. The van der Waals surface area contributed by atoms with Gasteiger partial charge in [-0.05, 0) is 24.6 Å². The zero-order valence-corrected chi connectivity index (χ0v) is 14.4. The molecular weight excluding hydrogens is 340 g/mol. The number of amides is 1. The Morgan fingerprint density at radius 1 is 1.24 bits per heavy atom. The predicted molar refractivity (Wildman–Crippen MR) is 96.0 cm³/mol. The Morgan fingerprint density at radius 2 is 2.00 bits per heavy atom. The Morgan fingerprint density at radius 3 is 2.72 bits per heavy atom. The smallest absolute Gasteiger partial charge is 0.291 e. The molecule has 0 fully saturated rings. The molecule has 3 rings (SSSR count). The lowest BCUT2D eigenvalue weighted by Gasteiger charge is -2.09. The molecule has 0 aliphatic carbocycles. The second-order valence-electron chi connectivity index (χ2n) is 5.45. The molecule has 0 aliphatic rings. The van der Waals surface area contributed by atoms with Crippen LogP contribution >= 0.6 is 11.6 Å². The first kappa shape index (κ1) is 17.1. The highest BCUT2D eigenvalue weighted by Gasteiger charge is 2.19. The average Bonchev–Trinajstić information content (AvgIpc) is 3.07. The van der Waals surface area contributed by atoms with Crippen LogP contribution in [0.3, 0.4) is 0 Å². The molecule has 0 bridgehead atoms. The van der Waals surface area contributed by atoms with Gasteiger partial charge < -0.3 is 10.4 Å². The first-order valence-corrected chi connectivity index (χ1v) is 8.16. The topological polar surface area (TPSA) is 80.0 Å². The number of nitrogens with zero attached hydrogens (tertiary/aromatic N) is 3. The zero-order valence-electron chi connectivity index (χ0n) is 13.6. The van der Waals surface area contributed by atoms with Crippen molar-refractivity contribution in [1.29, 1.82) is 0 Å². The number of carbonyl (C=O) groups is 1. The summed E-state index contributed by atoms with van der Waals surface area (Å²) in [5, 5.41) is 16.4. The van der Waals surface area contributed by atoms with Crippen molar-refractivity contribution in [1.82, 2.24) is 20.1 Å². The van der Waals surface area contributed by atoms with Gasteiger partial charge in [-0.3, -0.25) is 4.79 Å². The van der Waals surface area contributed by atoms with Crippen LogP contribution < -0.4 is 5.32 Å². The van der Waals surface area contributed by atoms with Crippen molar-refractivity contribution in [2.75, 3.05) is 13.2 Å². The van der Waals surface area contributed by atoms with Crippen LogP contribution in [0.1, 0.15) is 16.2 Å². The maximum atomic E-state index is 12.2. The van der Waals surface area contributed by atoms with E-state index < -0.39 is 5.91 Å². The number of rotatable bonds is 5. The van der Waals surface area contributed by atoms with Gasteiger partial charge in [-0.1, -0.05) is 48.0 Å². The Bertz CT molecular complexity index is 893. The summed E-state index contributed by atoms with van der Waals surface area (Å²) < 4.78 is 1.62. The maximum Gasteiger partial charge on any atom is 0.291 e. The van der Waals surface area contributed by atoms with Crippen molar-refractivity contribution < 1.29 is 9.90 Å². The minimum atomic E-state index is -0.440. The van der Waals surface area contributed by atoms with Crippen molar-refractivity contribution in [3.63, 3.8) is 0 Å². The van der Waals surface area contributed by atoms with Gasteiger partial charge in [0.1, 0.15) is 0 Å². The number of hydrogen-bond acceptors (Lipinski definition) is 4. The van der Waals surface area contributed by atoms with Gasteiger partial charge in [0, 0.05) is 17.1 Å². The largest absolute Gasteiger partial charge is 0.395 e. The first-order valence-electron chi connectivity index (χ1n) is 7.78. The molecule has 0 unspecified atom stereocenters. The Hall–Kier alpha value is -2.70. The SMILES string of the molecule is Cc1ccc(Cl)cc1-n1nc(C(=O)NCCO)nc1-c1ccccc1. The van der Waals surface area contributed by atoms with Crippen molar-refractivity contribution in [3.8, 4) is 17.1 Å². The van der Waals surface area contributed by atoms with E-state index in [0.29, 0.717) is 10.8 Å². The standard InChI is InChI=1S/C18H17ClN4O2/c1-12-7-8-14(19)11-15(12)23-17(13-5-3-2-4-6-13)21-16(22-23)18(25)20-9-10-24/h2-8,11,24H,9-10H2,1H3,(H,20,25). The monoisotopic (exact) mass is 356 g/mol. The zero-order chi connectivity index (χ0) is 17.8. The van der Waals surface area contributed by atoms with Gasteiger partial charge in [0.15, 0.2) is 5.82 Å². The summed E-state index contributed by atoms with van der Waals surface area (Å²) in [4.78, 5) is 16.6. The van der Waals surface area contributed by atoms with Crippen molar-refractivity contribution >= 4 is 17.5 Å². The number of benzene rings is 2. The summed E-state index contributed by atoms with van der Waals surface area (Å²) in [7, 11) is 0. The second kappa shape index (κ2) is 7.46. The molecule has 1 amide bonds. The Kier molecular flexibility index (Phi) is 5.11. The second-order valence-corrected chi connectivity index (χ2v) is 5.88. The van der Waals surface area contributed by atoms with Gasteiger partial charge >= 0.3 is 0 Å². The predicted octanol–water partition coefficient (Wildman–Crippen LogP) is 2.62. The van der Waals surface area contributed by atoms with Crippen LogP contribution in [-0.2, 0) is 0 Å². The van der Waals surface area contributed by atoms with Crippen molar-refractivity contribution in [3.05, 3.63) is 64.9 Å². The van der Waals surface area contributed by atoms with Crippen LogP contribution in [0.15, 0.2) is 48.5 Å². The number of nitrogens with one attached hydrogen (secondary N) is 1. The van der Waals surface area contributed by atoms with E-state index in [2.05, 4.69) is 15.4 Å².